The highest BCUT2D eigenvalue weighted by atomic mass is 19.2. The highest BCUT2D eigenvalue weighted by Gasteiger charge is 2.14. The number of halogens is 2. The Morgan fingerprint density at radius 2 is 1.91 bits per heavy atom. The first kappa shape index (κ1) is 16.7. The van der Waals surface area contributed by atoms with E-state index in [9.17, 15) is 18.9 Å². The number of hydrogen-bond donors (Lipinski definition) is 0. The lowest BCUT2D eigenvalue weighted by Gasteiger charge is -2.23. The summed E-state index contributed by atoms with van der Waals surface area (Å²) in [7, 11) is 0. The average Bonchev–Trinajstić information content (AvgIpc) is 2.54. The number of likely N-dealkylation sites (N-methyl/N-ethyl adjacent to an activating group) is 1. The van der Waals surface area contributed by atoms with Gasteiger partial charge in [-0.25, -0.2) is 8.78 Å². The Bertz CT molecular complexity index is 695. The van der Waals surface area contributed by atoms with E-state index in [4.69, 9.17) is 4.74 Å². The molecule has 0 fully saturated rings. The van der Waals surface area contributed by atoms with Crippen LogP contribution in [0, 0.1) is 21.7 Å². The third kappa shape index (κ3) is 4.15. The standard InChI is InChI=1S/C16H16F2N2O3/c1-2-19(12-7-8-13(17)14(18)11-12)9-10-23-16-6-4-3-5-15(16)20(21)22/h3-8,11H,2,9-10H2,1H3. The van der Waals surface area contributed by atoms with Crippen molar-refractivity contribution in [2.45, 2.75) is 6.92 Å². The second-order valence-electron chi connectivity index (χ2n) is 4.75. The predicted molar refractivity (Wildman–Crippen MR) is 82.8 cm³/mol. The minimum atomic E-state index is -0.916. The van der Waals surface area contributed by atoms with E-state index < -0.39 is 16.6 Å². The van der Waals surface area contributed by atoms with Crippen molar-refractivity contribution in [2.75, 3.05) is 24.6 Å². The monoisotopic (exact) mass is 322 g/mol. The first-order chi connectivity index (χ1) is 11.0. The van der Waals surface area contributed by atoms with Gasteiger partial charge >= 0.3 is 5.69 Å². The Labute approximate surface area is 132 Å². The largest absolute Gasteiger partial charge is 0.485 e. The van der Waals surface area contributed by atoms with Crippen LogP contribution in [0.25, 0.3) is 0 Å². The Morgan fingerprint density at radius 1 is 1.17 bits per heavy atom. The third-order valence-corrected chi connectivity index (χ3v) is 3.33. The summed E-state index contributed by atoms with van der Waals surface area (Å²) in [6, 6.07) is 9.75. The second-order valence-corrected chi connectivity index (χ2v) is 4.75. The van der Waals surface area contributed by atoms with Crippen LogP contribution in [0.3, 0.4) is 0 Å². The van der Waals surface area contributed by atoms with Crippen LogP contribution in [0.1, 0.15) is 6.92 Å². The molecule has 5 nitrogen and oxygen atoms in total. The van der Waals surface area contributed by atoms with E-state index in [1.807, 2.05) is 6.92 Å². The fraction of sp³-hybridized carbons (Fsp3) is 0.250. The van der Waals surface area contributed by atoms with Crippen molar-refractivity contribution in [3.63, 3.8) is 0 Å². The molecule has 23 heavy (non-hydrogen) atoms. The lowest BCUT2D eigenvalue weighted by atomic mass is 10.2. The van der Waals surface area contributed by atoms with Crippen LogP contribution in [0.15, 0.2) is 42.5 Å². The Kier molecular flexibility index (Phi) is 5.46. The summed E-state index contributed by atoms with van der Waals surface area (Å²) in [5.41, 5.74) is 0.418. The molecule has 0 bridgehead atoms. The van der Waals surface area contributed by atoms with E-state index >= 15 is 0 Å². The van der Waals surface area contributed by atoms with E-state index in [2.05, 4.69) is 0 Å². The highest BCUT2D eigenvalue weighted by molar-refractivity contribution is 5.47. The highest BCUT2D eigenvalue weighted by Crippen LogP contribution is 2.26. The van der Waals surface area contributed by atoms with E-state index in [1.165, 1.54) is 18.2 Å². The van der Waals surface area contributed by atoms with Gasteiger partial charge in [0.2, 0.25) is 0 Å². The molecule has 0 N–H and O–H groups in total. The van der Waals surface area contributed by atoms with Gasteiger partial charge in [0, 0.05) is 24.4 Å². The summed E-state index contributed by atoms with van der Waals surface area (Å²) in [4.78, 5) is 12.2. The number of rotatable bonds is 7. The maximum atomic E-state index is 13.3. The van der Waals surface area contributed by atoms with Gasteiger partial charge in [0.1, 0.15) is 6.61 Å². The van der Waals surface area contributed by atoms with Crippen molar-refractivity contribution in [1.29, 1.82) is 0 Å². The lowest BCUT2D eigenvalue weighted by molar-refractivity contribution is -0.385. The number of para-hydroxylation sites is 2. The molecule has 0 amide bonds. The van der Waals surface area contributed by atoms with Gasteiger partial charge in [-0.1, -0.05) is 12.1 Å². The van der Waals surface area contributed by atoms with Crippen LogP contribution in [0.4, 0.5) is 20.2 Å². The molecule has 0 radical (unpaired) electrons. The van der Waals surface area contributed by atoms with Crippen molar-refractivity contribution >= 4 is 11.4 Å². The normalized spacial score (nSPS) is 10.4. The smallest absolute Gasteiger partial charge is 0.310 e. The summed E-state index contributed by atoms with van der Waals surface area (Å²) in [5, 5.41) is 10.9. The number of benzene rings is 2. The molecule has 0 aliphatic carbocycles. The zero-order valence-corrected chi connectivity index (χ0v) is 12.5. The fourth-order valence-electron chi connectivity index (χ4n) is 2.15. The van der Waals surface area contributed by atoms with Gasteiger partial charge < -0.3 is 9.64 Å². The zero-order valence-electron chi connectivity index (χ0n) is 12.5. The van der Waals surface area contributed by atoms with Crippen LogP contribution >= 0.6 is 0 Å². The molecular weight excluding hydrogens is 306 g/mol. The maximum Gasteiger partial charge on any atom is 0.310 e. The van der Waals surface area contributed by atoms with Gasteiger partial charge in [0.25, 0.3) is 0 Å². The van der Waals surface area contributed by atoms with Gasteiger partial charge in [-0.2, -0.15) is 0 Å². The predicted octanol–water partition coefficient (Wildman–Crippen LogP) is 3.78. The number of nitro groups is 1. The summed E-state index contributed by atoms with van der Waals surface area (Å²) in [6.45, 7) is 2.99. The van der Waals surface area contributed by atoms with E-state index in [-0.39, 0.29) is 18.0 Å². The lowest BCUT2D eigenvalue weighted by Crippen LogP contribution is -2.28. The van der Waals surface area contributed by atoms with Crippen LogP contribution in [0.2, 0.25) is 0 Å². The van der Waals surface area contributed by atoms with Crippen molar-refractivity contribution in [3.05, 3.63) is 64.2 Å². The number of nitro benzene ring substituents is 1. The van der Waals surface area contributed by atoms with Gasteiger partial charge in [0.15, 0.2) is 17.4 Å². The van der Waals surface area contributed by atoms with Crippen molar-refractivity contribution in [1.82, 2.24) is 0 Å². The molecule has 0 spiro atoms. The van der Waals surface area contributed by atoms with E-state index in [1.54, 1.807) is 17.0 Å². The molecule has 2 aromatic carbocycles. The SMILES string of the molecule is CCN(CCOc1ccccc1[N+](=O)[O-])c1ccc(F)c(F)c1. The fourth-order valence-corrected chi connectivity index (χ4v) is 2.15. The summed E-state index contributed by atoms with van der Waals surface area (Å²) < 4.78 is 31.7. The summed E-state index contributed by atoms with van der Waals surface area (Å²) in [6.07, 6.45) is 0. The van der Waals surface area contributed by atoms with E-state index in [0.717, 1.165) is 12.1 Å². The zero-order chi connectivity index (χ0) is 16.8. The van der Waals surface area contributed by atoms with Crippen molar-refractivity contribution in [3.8, 4) is 5.75 Å². The Hall–Kier alpha value is -2.70. The molecule has 122 valence electrons. The molecule has 0 aromatic heterocycles. The third-order valence-electron chi connectivity index (χ3n) is 3.33. The molecule has 0 unspecified atom stereocenters. The molecule has 0 atom stereocenters. The van der Waals surface area contributed by atoms with E-state index in [0.29, 0.717) is 18.8 Å². The van der Waals surface area contributed by atoms with Gasteiger partial charge in [0.05, 0.1) is 11.5 Å². The van der Waals surface area contributed by atoms with Crippen LogP contribution < -0.4 is 9.64 Å². The van der Waals surface area contributed by atoms with Crippen LogP contribution in [-0.4, -0.2) is 24.6 Å². The Morgan fingerprint density at radius 3 is 2.57 bits per heavy atom. The second kappa shape index (κ2) is 7.53. The van der Waals surface area contributed by atoms with Gasteiger partial charge in [-0.15, -0.1) is 0 Å². The summed E-state index contributed by atoms with van der Waals surface area (Å²) in [5.74, 6) is -1.64. The topological polar surface area (TPSA) is 55.6 Å². The molecule has 0 heterocycles. The first-order valence-corrected chi connectivity index (χ1v) is 7.09. The number of anilines is 1. The minimum absolute atomic E-state index is 0.108. The molecule has 7 heteroatoms. The molecule has 0 saturated carbocycles. The first-order valence-electron chi connectivity index (χ1n) is 7.09. The molecule has 0 aliphatic rings. The van der Waals surface area contributed by atoms with Crippen LogP contribution in [0.5, 0.6) is 5.75 Å². The number of ether oxygens (including phenoxy) is 1. The quantitative estimate of drug-likeness (QED) is 0.575. The van der Waals surface area contributed by atoms with Gasteiger partial charge in [-0.3, -0.25) is 10.1 Å². The molecule has 2 aromatic rings. The van der Waals surface area contributed by atoms with Gasteiger partial charge in [-0.05, 0) is 25.1 Å². The molecule has 2 rings (SSSR count). The molecule has 0 saturated heterocycles. The molecule has 0 aliphatic heterocycles. The van der Waals surface area contributed by atoms with Crippen molar-refractivity contribution < 1.29 is 18.4 Å². The summed E-state index contributed by atoms with van der Waals surface area (Å²) >= 11 is 0. The Balaban J connectivity index is 2.01. The maximum absolute atomic E-state index is 13.3. The molecular formula is C16H16F2N2O3. The number of nitrogens with zero attached hydrogens (tertiary/aromatic N) is 2. The average molecular weight is 322 g/mol. The minimum Gasteiger partial charge on any atom is -0.485 e. The van der Waals surface area contributed by atoms with Crippen LogP contribution in [-0.2, 0) is 0 Å². The van der Waals surface area contributed by atoms with Crippen molar-refractivity contribution in [2.24, 2.45) is 0 Å². The number of hydrogen-bond acceptors (Lipinski definition) is 4.